The van der Waals surface area contributed by atoms with E-state index in [1.54, 1.807) is 0 Å². The Bertz CT molecular complexity index is 1460. The Morgan fingerprint density at radius 3 is 2.26 bits per heavy atom. The molecule has 0 spiro atoms. The zero-order valence-electron chi connectivity index (χ0n) is 21.5. The van der Waals surface area contributed by atoms with E-state index >= 15 is 0 Å². The molecule has 0 fully saturated rings. The smallest absolute Gasteiger partial charge is 0.416 e. The average molecular weight is 548 g/mol. The van der Waals surface area contributed by atoms with Gasteiger partial charge in [-0.2, -0.15) is 28.7 Å². The summed E-state index contributed by atoms with van der Waals surface area (Å²) in [6.07, 6.45) is -3.38. The molecular formula is C27H28F3N3O4S. The van der Waals surface area contributed by atoms with Gasteiger partial charge >= 0.3 is 17.8 Å². The molecule has 0 N–H and O–H groups in total. The summed E-state index contributed by atoms with van der Waals surface area (Å²) >= 11 is 0. The van der Waals surface area contributed by atoms with Gasteiger partial charge in [0.2, 0.25) is 0 Å². The lowest BCUT2D eigenvalue weighted by molar-refractivity contribution is -0.142. The number of nitrogens with zero attached hydrogens (tertiary/aromatic N) is 3. The fraction of sp³-hybridized carbons (Fsp3) is 0.296. The number of benzene rings is 2. The van der Waals surface area contributed by atoms with E-state index in [0.717, 1.165) is 32.2 Å². The first kappa shape index (κ1) is 27.3. The van der Waals surface area contributed by atoms with Gasteiger partial charge in [-0.3, -0.25) is 9.36 Å². The molecule has 1 aliphatic rings. The molecule has 3 atom stereocenters. The quantitative estimate of drug-likeness (QED) is 0.301. The Kier molecular flexibility index (Phi) is 7.59. The van der Waals surface area contributed by atoms with Crippen LogP contribution in [0.25, 0.3) is 5.69 Å². The van der Waals surface area contributed by atoms with Crippen LogP contribution in [-0.2, 0) is 27.5 Å². The molecule has 7 nitrogen and oxygen atoms in total. The van der Waals surface area contributed by atoms with E-state index < -0.39 is 34.4 Å². The molecule has 0 saturated carbocycles. The van der Waals surface area contributed by atoms with Crippen LogP contribution in [0, 0.1) is 0 Å². The van der Waals surface area contributed by atoms with Crippen molar-refractivity contribution in [2.75, 3.05) is 0 Å². The Hall–Kier alpha value is -3.73. The summed E-state index contributed by atoms with van der Waals surface area (Å²) < 4.78 is 53.4. The molecule has 0 bridgehead atoms. The number of carbonyl (C=O) groups excluding carboxylic acids is 1. The Labute approximate surface area is 220 Å². The largest absolute Gasteiger partial charge is 0.477 e. The molecule has 0 saturated heterocycles. The number of thiol groups is 1. The zero-order valence-corrected chi connectivity index (χ0v) is 22.4. The number of hydrogen-bond acceptors (Lipinski definition) is 5. The van der Waals surface area contributed by atoms with Gasteiger partial charge in [0.25, 0.3) is 0 Å². The number of allylic oxidation sites excluding steroid dienone is 3. The predicted molar refractivity (Wildman–Crippen MR) is 140 cm³/mol. The maximum atomic E-state index is 13.1. The molecular weight excluding hydrogens is 519 g/mol. The van der Waals surface area contributed by atoms with Crippen LogP contribution in [0.15, 0.2) is 81.0 Å². The lowest BCUT2D eigenvalue weighted by Gasteiger charge is -2.27. The van der Waals surface area contributed by atoms with E-state index in [1.807, 2.05) is 57.2 Å². The Morgan fingerprint density at radius 1 is 1.05 bits per heavy atom. The number of rotatable bonds is 7. The molecule has 11 heteroatoms. The van der Waals surface area contributed by atoms with Crippen LogP contribution >= 0.6 is 10.9 Å². The van der Waals surface area contributed by atoms with Crippen LogP contribution in [-0.4, -0.2) is 25.8 Å². The topological polar surface area (TPSA) is 75.3 Å². The van der Waals surface area contributed by atoms with Crippen molar-refractivity contribution in [3.05, 3.63) is 104 Å². The summed E-state index contributed by atoms with van der Waals surface area (Å²) in [5.41, 5.74) is -0.753. The molecule has 3 unspecified atom stereocenters. The number of aromatic nitrogens is 3. The highest BCUT2D eigenvalue weighted by atomic mass is 32.2. The van der Waals surface area contributed by atoms with Gasteiger partial charge in [-0.25, -0.2) is 4.79 Å². The molecule has 0 amide bonds. The number of carbonyl (C=O) groups is 1. The highest BCUT2D eigenvalue weighted by Gasteiger charge is 2.32. The molecule has 1 aromatic heterocycles. The fourth-order valence-corrected chi connectivity index (χ4v) is 6.90. The maximum absolute atomic E-state index is 13.1. The van der Waals surface area contributed by atoms with Crippen molar-refractivity contribution < 1.29 is 27.4 Å². The second-order valence-electron chi connectivity index (χ2n) is 8.88. The predicted octanol–water partition coefficient (Wildman–Crippen LogP) is 5.76. The summed E-state index contributed by atoms with van der Waals surface area (Å²) in [6.45, 7) is 7.10. The van der Waals surface area contributed by atoms with Crippen LogP contribution in [0.4, 0.5) is 13.2 Å². The van der Waals surface area contributed by atoms with Crippen molar-refractivity contribution in [1.29, 1.82) is 0 Å². The minimum Gasteiger partial charge on any atom is -0.477 e. The van der Waals surface area contributed by atoms with E-state index in [4.69, 9.17) is 9.47 Å². The highest BCUT2D eigenvalue weighted by Crippen LogP contribution is 2.54. The highest BCUT2D eigenvalue weighted by molar-refractivity contribution is 8.24. The Morgan fingerprint density at radius 2 is 1.68 bits per heavy atom. The van der Waals surface area contributed by atoms with Crippen molar-refractivity contribution in [3.63, 3.8) is 0 Å². The third kappa shape index (κ3) is 5.42. The van der Waals surface area contributed by atoms with E-state index in [2.05, 4.69) is 5.10 Å². The van der Waals surface area contributed by atoms with Crippen LogP contribution in [0.3, 0.4) is 0 Å². The van der Waals surface area contributed by atoms with Gasteiger partial charge in [0, 0.05) is 24.4 Å². The van der Waals surface area contributed by atoms with Gasteiger partial charge in [-0.05, 0) is 56.0 Å². The number of halogens is 3. The lowest BCUT2D eigenvalue weighted by Crippen LogP contribution is -2.23. The summed E-state index contributed by atoms with van der Waals surface area (Å²) in [7, 11) is 0.599. The van der Waals surface area contributed by atoms with Gasteiger partial charge in [-0.15, -0.1) is 5.10 Å². The van der Waals surface area contributed by atoms with E-state index in [-0.39, 0.29) is 22.9 Å². The maximum Gasteiger partial charge on any atom is 0.416 e. The first-order valence-electron chi connectivity index (χ1n) is 11.8. The van der Waals surface area contributed by atoms with Crippen LogP contribution in [0.2, 0.25) is 0 Å². The first-order chi connectivity index (χ1) is 17.9. The van der Waals surface area contributed by atoms with E-state index in [9.17, 15) is 22.8 Å². The SMILES string of the molecule is CC(=O)OC(C)[SH]1C(C)=CC(OC(c2ccccc2)c2nn(-c3ccc(C(F)(F)F)cc3)c(=O)n2C)=C1C. The zero-order chi connectivity index (χ0) is 27.8. The number of alkyl halides is 3. The summed E-state index contributed by atoms with van der Waals surface area (Å²) in [5, 5.41) is 4.48. The van der Waals surface area contributed by atoms with Crippen LogP contribution in [0.1, 0.15) is 50.8 Å². The molecule has 2 heterocycles. The van der Waals surface area contributed by atoms with Crippen molar-refractivity contribution in [1.82, 2.24) is 14.3 Å². The molecule has 38 heavy (non-hydrogen) atoms. The molecule has 3 aromatic rings. The Balaban J connectivity index is 1.75. The number of ether oxygens (including phenoxy) is 2. The monoisotopic (exact) mass is 547 g/mol. The van der Waals surface area contributed by atoms with Crippen LogP contribution < -0.4 is 5.69 Å². The summed E-state index contributed by atoms with van der Waals surface area (Å²) in [5.74, 6) is 0.510. The van der Waals surface area contributed by atoms with Gasteiger partial charge in [-0.1, -0.05) is 30.3 Å². The van der Waals surface area contributed by atoms with Crippen molar-refractivity contribution >= 4 is 16.9 Å². The first-order valence-corrected chi connectivity index (χ1v) is 13.2. The number of hydrogen-bond donors (Lipinski definition) is 1. The van der Waals surface area contributed by atoms with Crippen molar-refractivity contribution in [2.24, 2.45) is 7.05 Å². The molecule has 202 valence electrons. The van der Waals surface area contributed by atoms with Gasteiger partial charge in [0.1, 0.15) is 11.2 Å². The molecule has 0 aliphatic carbocycles. The van der Waals surface area contributed by atoms with Crippen LogP contribution in [0.5, 0.6) is 0 Å². The van der Waals surface area contributed by atoms with Crippen molar-refractivity contribution in [3.8, 4) is 5.69 Å². The third-order valence-corrected chi connectivity index (χ3v) is 8.84. The molecule has 0 radical (unpaired) electrons. The minimum atomic E-state index is -4.49. The second-order valence-corrected chi connectivity index (χ2v) is 11.7. The normalized spacial score (nSPS) is 18.2. The third-order valence-electron chi connectivity index (χ3n) is 6.17. The average Bonchev–Trinajstić information content (AvgIpc) is 3.31. The molecule has 4 rings (SSSR count). The molecule has 2 aromatic carbocycles. The molecule has 1 aliphatic heterocycles. The van der Waals surface area contributed by atoms with E-state index in [1.165, 1.54) is 30.7 Å². The van der Waals surface area contributed by atoms with Crippen molar-refractivity contribution in [2.45, 2.75) is 45.4 Å². The minimum absolute atomic E-state index is 0.197. The standard InChI is InChI=1S/C27H28F3N3O4S/c1-16-15-23(17(2)38(16)19(4)36-18(3)34)37-24(20-9-7-6-8-10-20)25-31-33(26(35)32(25)5)22-13-11-21(12-14-22)27(28,29)30/h6-15,19,24,38H,1-5H3. The van der Waals surface area contributed by atoms with Gasteiger partial charge < -0.3 is 9.47 Å². The lowest BCUT2D eigenvalue weighted by atomic mass is 10.1. The summed E-state index contributed by atoms with van der Waals surface area (Å²) in [4.78, 5) is 26.6. The fourth-order valence-electron chi connectivity index (χ4n) is 4.38. The summed E-state index contributed by atoms with van der Waals surface area (Å²) in [6, 6.07) is 13.5. The number of esters is 1. The van der Waals surface area contributed by atoms with Gasteiger partial charge in [0.15, 0.2) is 11.9 Å². The van der Waals surface area contributed by atoms with E-state index in [0.29, 0.717) is 5.76 Å². The van der Waals surface area contributed by atoms with Gasteiger partial charge in [0.05, 0.1) is 11.3 Å². The second kappa shape index (κ2) is 10.6.